The van der Waals surface area contributed by atoms with Crippen LogP contribution < -0.4 is 10.9 Å². The second kappa shape index (κ2) is 7.77. The van der Waals surface area contributed by atoms with Crippen molar-refractivity contribution in [1.82, 2.24) is 10.9 Å². The summed E-state index contributed by atoms with van der Waals surface area (Å²) in [5, 5.41) is 9.18. The van der Waals surface area contributed by atoms with E-state index >= 15 is 0 Å². The molecule has 0 aromatic heterocycles. The molecular formula is C18H22N2O4. The molecule has 0 saturated carbocycles. The topological polar surface area (TPSA) is 95.5 Å². The molecule has 0 radical (unpaired) electrons. The third kappa shape index (κ3) is 4.22. The third-order valence-corrected chi connectivity index (χ3v) is 4.23. The van der Waals surface area contributed by atoms with Gasteiger partial charge in [0.15, 0.2) is 0 Å². The number of rotatable bonds is 4. The number of benzene rings is 1. The van der Waals surface area contributed by atoms with Crippen LogP contribution >= 0.6 is 0 Å². The van der Waals surface area contributed by atoms with Gasteiger partial charge in [-0.25, -0.2) is 0 Å². The van der Waals surface area contributed by atoms with Crippen LogP contribution in [0.2, 0.25) is 0 Å². The van der Waals surface area contributed by atoms with Gasteiger partial charge in [-0.15, -0.1) is 0 Å². The smallest absolute Gasteiger partial charge is 0.307 e. The first-order valence-corrected chi connectivity index (χ1v) is 7.98. The average molecular weight is 330 g/mol. The molecule has 0 bridgehead atoms. The maximum Gasteiger partial charge on any atom is 0.307 e. The minimum Gasteiger partial charge on any atom is -0.481 e. The number of hydrogen-bond acceptors (Lipinski definition) is 3. The second-order valence-corrected chi connectivity index (χ2v) is 6.21. The lowest BCUT2D eigenvalue weighted by molar-refractivity contribution is -0.147. The SMILES string of the molecule is CC(C)c1ccc(C(=O)NNC(=O)[C@H]2CC=CC[C@@H]2C(=O)O)cc1. The molecule has 2 amide bonds. The van der Waals surface area contributed by atoms with Crippen LogP contribution in [0.3, 0.4) is 0 Å². The van der Waals surface area contributed by atoms with Crippen LogP contribution in [0.5, 0.6) is 0 Å². The first kappa shape index (κ1) is 17.7. The fourth-order valence-corrected chi connectivity index (χ4v) is 2.68. The number of carbonyl (C=O) groups is 3. The standard InChI is InChI=1S/C18H22N2O4/c1-11(2)12-7-9-13(10-8-12)16(21)19-20-17(22)14-5-3-4-6-15(14)18(23)24/h3-4,7-11,14-15H,5-6H2,1-2H3,(H,19,21)(H,20,22)(H,23,24)/t14-,15-/m0/s1. The van der Waals surface area contributed by atoms with E-state index in [0.717, 1.165) is 5.56 Å². The molecule has 0 unspecified atom stereocenters. The van der Waals surface area contributed by atoms with Gasteiger partial charge in [-0.05, 0) is 36.5 Å². The fourth-order valence-electron chi connectivity index (χ4n) is 2.68. The van der Waals surface area contributed by atoms with Crippen molar-refractivity contribution in [1.29, 1.82) is 0 Å². The lowest BCUT2D eigenvalue weighted by Gasteiger charge is -2.24. The van der Waals surface area contributed by atoms with Crippen molar-refractivity contribution < 1.29 is 19.5 Å². The number of carboxylic acids is 1. The number of amides is 2. The maximum absolute atomic E-state index is 12.2. The van der Waals surface area contributed by atoms with E-state index in [2.05, 4.69) is 24.7 Å². The summed E-state index contributed by atoms with van der Waals surface area (Å²) in [6.45, 7) is 4.12. The third-order valence-electron chi connectivity index (χ3n) is 4.23. The molecular weight excluding hydrogens is 308 g/mol. The highest BCUT2D eigenvalue weighted by Crippen LogP contribution is 2.25. The number of hydrogen-bond donors (Lipinski definition) is 3. The first-order chi connectivity index (χ1) is 11.4. The van der Waals surface area contributed by atoms with Crippen LogP contribution in [0.1, 0.15) is 48.5 Å². The molecule has 0 heterocycles. The summed E-state index contributed by atoms with van der Waals surface area (Å²) in [7, 11) is 0. The summed E-state index contributed by atoms with van der Waals surface area (Å²) in [6.07, 6.45) is 4.22. The van der Waals surface area contributed by atoms with Crippen LogP contribution in [0.25, 0.3) is 0 Å². The molecule has 0 fully saturated rings. The van der Waals surface area contributed by atoms with Gasteiger partial charge in [-0.3, -0.25) is 25.2 Å². The van der Waals surface area contributed by atoms with E-state index in [1.165, 1.54) is 0 Å². The summed E-state index contributed by atoms with van der Waals surface area (Å²) in [5.74, 6) is -3.01. The molecule has 3 N–H and O–H groups in total. The van der Waals surface area contributed by atoms with Crippen molar-refractivity contribution in [3.8, 4) is 0 Å². The summed E-state index contributed by atoms with van der Waals surface area (Å²) in [6, 6.07) is 7.13. The number of nitrogens with one attached hydrogen (secondary N) is 2. The van der Waals surface area contributed by atoms with Gasteiger partial charge in [0, 0.05) is 5.56 Å². The number of carboxylic acid groups (broad SMARTS) is 1. The minimum atomic E-state index is -1.00. The number of carbonyl (C=O) groups excluding carboxylic acids is 2. The van der Waals surface area contributed by atoms with E-state index in [9.17, 15) is 19.5 Å². The molecule has 1 aliphatic rings. The van der Waals surface area contributed by atoms with Crippen molar-refractivity contribution in [2.75, 3.05) is 0 Å². The first-order valence-electron chi connectivity index (χ1n) is 7.98. The van der Waals surface area contributed by atoms with E-state index in [4.69, 9.17) is 0 Å². The molecule has 128 valence electrons. The molecule has 0 spiro atoms. The number of allylic oxidation sites excluding steroid dienone is 2. The van der Waals surface area contributed by atoms with Gasteiger partial charge in [-0.1, -0.05) is 38.1 Å². The molecule has 0 aliphatic heterocycles. The molecule has 24 heavy (non-hydrogen) atoms. The molecule has 6 nitrogen and oxygen atoms in total. The van der Waals surface area contributed by atoms with Gasteiger partial charge in [0.05, 0.1) is 11.8 Å². The van der Waals surface area contributed by atoms with Crippen molar-refractivity contribution in [2.45, 2.75) is 32.6 Å². The van der Waals surface area contributed by atoms with Crippen LogP contribution in [-0.2, 0) is 9.59 Å². The lowest BCUT2D eigenvalue weighted by Crippen LogP contribution is -2.47. The number of aliphatic carboxylic acids is 1. The van der Waals surface area contributed by atoms with E-state index in [1.807, 2.05) is 12.1 Å². The molecule has 1 aromatic rings. The summed E-state index contributed by atoms with van der Waals surface area (Å²) < 4.78 is 0. The molecule has 1 aromatic carbocycles. The van der Waals surface area contributed by atoms with Crippen LogP contribution in [0.15, 0.2) is 36.4 Å². The Labute approximate surface area is 140 Å². The van der Waals surface area contributed by atoms with Crippen LogP contribution in [0.4, 0.5) is 0 Å². The molecule has 1 aliphatic carbocycles. The van der Waals surface area contributed by atoms with Crippen molar-refractivity contribution >= 4 is 17.8 Å². The Kier molecular flexibility index (Phi) is 5.73. The van der Waals surface area contributed by atoms with Gasteiger partial charge in [0.2, 0.25) is 5.91 Å². The zero-order chi connectivity index (χ0) is 17.7. The predicted octanol–water partition coefficient (Wildman–Crippen LogP) is 2.24. The van der Waals surface area contributed by atoms with Crippen molar-refractivity contribution in [3.63, 3.8) is 0 Å². The maximum atomic E-state index is 12.2. The largest absolute Gasteiger partial charge is 0.481 e. The highest BCUT2D eigenvalue weighted by Gasteiger charge is 2.34. The highest BCUT2D eigenvalue weighted by atomic mass is 16.4. The minimum absolute atomic E-state index is 0.317. The zero-order valence-corrected chi connectivity index (χ0v) is 13.8. The quantitative estimate of drug-likeness (QED) is 0.583. The Morgan fingerprint density at radius 2 is 1.58 bits per heavy atom. The fraction of sp³-hybridized carbons (Fsp3) is 0.389. The highest BCUT2D eigenvalue weighted by molar-refractivity contribution is 5.96. The molecule has 2 atom stereocenters. The normalized spacial score (nSPS) is 19.8. The van der Waals surface area contributed by atoms with Gasteiger partial charge in [-0.2, -0.15) is 0 Å². The Morgan fingerprint density at radius 3 is 2.12 bits per heavy atom. The summed E-state index contributed by atoms with van der Waals surface area (Å²) >= 11 is 0. The zero-order valence-electron chi connectivity index (χ0n) is 13.8. The van der Waals surface area contributed by atoms with Crippen molar-refractivity contribution in [2.24, 2.45) is 11.8 Å². The second-order valence-electron chi connectivity index (χ2n) is 6.21. The molecule has 2 rings (SSSR count). The van der Waals surface area contributed by atoms with Crippen LogP contribution in [0, 0.1) is 11.8 Å². The summed E-state index contributed by atoms with van der Waals surface area (Å²) in [5.41, 5.74) is 6.23. The average Bonchev–Trinajstić information content (AvgIpc) is 2.59. The Bertz CT molecular complexity index is 649. The Hall–Kier alpha value is -2.63. The lowest BCUT2D eigenvalue weighted by atomic mass is 9.82. The Morgan fingerprint density at radius 1 is 1.00 bits per heavy atom. The monoisotopic (exact) mass is 330 g/mol. The van der Waals surface area contributed by atoms with Gasteiger partial charge in [0.1, 0.15) is 0 Å². The van der Waals surface area contributed by atoms with Crippen molar-refractivity contribution in [3.05, 3.63) is 47.5 Å². The van der Waals surface area contributed by atoms with Gasteiger partial charge in [0.25, 0.3) is 5.91 Å². The Balaban J connectivity index is 1.94. The number of hydrazine groups is 1. The molecule has 0 saturated heterocycles. The van der Waals surface area contributed by atoms with Gasteiger partial charge >= 0.3 is 5.97 Å². The van der Waals surface area contributed by atoms with E-state index in [0.29, 0.717) is 24.3 Å². The van der Waals surface area contributed by atoms with E-state index < -0.39 is 29.6 Å². The van der Waals surface area contributed by atoms with E-state index in [1.54, 1.807) is 24.3 Å². The van der Waals surface area contributed by atoms with Gasteiger partial charge < -0.3 is 5.11 Å². The molecule has 6 heteroatoms. The van der Waals surface area contributed by atoms with Crippen LogP contribution in [-0.4, -0.2) is 22.9 Å². The predicted molar refractivity (Wildman–Crippen MR) is 89.1 cm³/mol. The summed E-state index contributed by atoms with van der Waals surface area (Å²) in [4.78, 5) is 35.5. The van der Waals surface area contributed by atoms with E-state index in [-0.39, 0.29) is 0 Å².